The first-order valence-corrected chi connectivity index (χ1v) is 8.61. The van der Waals surface area contributed by atoms with Gasteiger partial charge in [0.15, 0.2) is 0 Å². The number of carbonyl (C=O) groups excluding carboxylic acids is 1. The van der Waals surface area contributed by atoms with Crippen molar-refractivity contribution in [1.29, 1.82) is 0 Å². The summed E-state index contributed by atoms with van der Waals surface area (Å²) in [4.78, 5) is 15.1. The van der Waals surface area contributed by atoms with Gasteiger partial charge in [0.25, 0.3) is 5.91 Å². The summed E-state index contributed by atoms with van der Waals surface area (Å²) in [5.41, 5.74) is 1.27. The molecule has 4 heteroatoms. The van der Waals surface area contributed by atoms with Crippen LogP contribution in [0.25, 0.3) is 0 Å². The number of hydrogen-bond donors (Lipinski definition) is 1. The summed E-state index contributed by atoms with van der Waals surface area (Å²) in [6, 6.07) is 17.1. The molecule has 0 saturated carbocycles. The summed E-state index contributed by atoms with van der Waals surface area (Å²) in [6.45, 7) is 3.24. The van der Waals surface area contributed by atoms with Crippen LogP contribution in [-0.4, -0.2) is 36.0 Å². The minimum Gasteiger partial charge on any atom is -0.485 e. The highest BCUT2D eigenvalue weighted by Gasteiger charge is 2.43. The van der Waals surface area contributed by atoms with Gasteiger partial charge in [-0.25, -0.2) is 0 Å². The molecule has 2 aromatic rings. The fourth-order valence-corrected chi connectivity index (χ4v) is 3.78. The van der Waals surface area contributed by atoms with Crippen LogP contribution in [0.3, 0.4) is 0 Å². The Balaban J connectivity index is 1.55. The molecule has 0 radical (unpaired) electrons. The van der Waals surface area contributed by atoms with Crippen LogP contribution in [0.4, 0.5) is 5.69 Å². The highest BCUT2D eigenvalue weighted by Crippen LogP contribution is 2.36. The number of ether oxygens (including phenoxy) is 1. The predicted octanol–water partition coefficient (Wildman–Crippen LogP) is 3.56. The number of para-hydroxylation sites is 2. The summed E-state index contributed by atoms with van der Waals surface area (Å²) in [5, 5.41) is 2.95. The van der Waals surface area contributed by atoms with Crippen molar-refractivity contribution in [3.63, 3.8) is 0 Å². The zero-order valence-corrected chi connectivity index (χ0v) is 13.7. The summed E-state index contributed by atoms with van der Waals surface area (Å²) in [7, 11) is 0. The van der Waals surface area contributed by atoms with Gasteiger partial charge in [0.1, 0.15) is 11.4 Å². The van der Waals surface area contributed by atoms with Gasteiger partial charge in [0.05, 0.1) is 5.56 Å². The minimum absolute atomic E-state index is 0.124. The van der Waals surface area contributed by atoms with E-state index in [2.05, 4.69) is 10.2 Å². The number of rotatable bonds is 4. The third-order valence-electron chi connectivity index (χ3n) is 4.99. The van der Waals surface area contributed by atoms with Crippen molar-refractivity contribution in [2.24, 2.45) is 0 Å². The highest BCUT2D eigenvalue weighted by atomic mass is 16.5. The van der Waals surface area contributed by atoms with Gasteiger partial charge < -0.3 is 10.1 Å². The number of benzene rings is 2. The van der Waals surface area contributed by atoms with Crippen LogP contribution < -0.4 is 10.1 Å². The molecular weight excluding hydrogens is 300 g/mol. The third-order valence-corrected chi connectivity index (χ3v) is 4.99. The third kappa shape index (κ3) is 3.02. The fraction of sp³-hybridized carbons (Fsp3) is 0.350. The van der Waals surface area contributed by atoms with Crippen molar-refractivity contribution >= 4 is 11.6 Å². The highest BCUT2D eigenvalue weighted by molar-refractivity contribution is 6.06. The van der Waals surface area contributed by atoms with Gasteiger partial charge in [-0.3, -0.25) is 9.69 Å². The van der Waals surface area contributed by atoms with E-state index in [1.165, 1.54) is 13.0 Å². The Bertz CT molecular complexity index is 727. The van der Waals surface area contributed by atoms with E-state index < -0.39 is 0 Å². The van der Waals surface area contributed by atoms with E-state index in [1.807, 2.05) is 54.6 Å². The number of hydrogen-bond acceptors (Lipinski definition) is 3. The molecule has 2 aliphatic heterocycles. The van der Waals surface area contributed by atoms with E-state index in [0.717, 1.165) is 31.6 Å². The maximum Gasteiger partial charge on any atom is 0.259 e. The molecule has 2 aliphatic rings. The van der Waals surface area contributed by atoms with Crippen LogP contribution in [0.15, 0.2) is 54.6 Å². The lowest BCUT2D eigenvalue weighted by Gasteiger charge is -2.35. The van der Waals surface area contributed by atoms with Crippen LogP contribution in [-0.2, 0) is 0 Å². The Morgan fingerprint density at radius 1 is 1.00 bits per heavy atom. The first kappa shape index (κ1) is 15.2. The topological polar surface area (TPSA) is 41.6 Å². The Hall–Kier alpha value is -2.33. The minimum atomic E-state index is -0.126. The Kier molecular flexibility index (Phi) is 3.98. The van der Waals surface area contributed by atoms with E-state index in [-0.39, 0.29) is 11.5 Å². The van der Waals surface area contributed by atoms with Crippen LogP contribution in [0.5, 0.6) is 5.75 Å². The van der Waals surface area contributed by atoms with Crippen LogP contribution in [0.2, 0.25) is 0 Å². The lowest BCUT2D eigenvalue weighted by Crippen LogP contribution is -2.43. The number of amides is 1. The molecule has 0 aliphatic carbocycles. The molecule has 4 rings (SSSR count). The average Bonchev–Trinajstić information content (AvgIpc) is 2.90. The van der Waals surface area contributed by atoms with Crippen LogP contribution in [0, 0.1) is 0 Å². The lowest BCUT2D eigenvalue weighted by atomic mass is 9.94. The van der Waals surface area contributed by atoms with Crippen molar-refractivity contribution in [2.75, 3.05) is 25.0 Å². The fourth-order valence-electron chi connectivity index (χ4n) is 3.78. The van der Waals surface area contributed by atoms with Gasteiger partial charge in [0.2, 0.25) is 0 Å². The zero-order chi connectivity index (χ0) is 16.4. The molecule has 1 unspecified atom stereocenters. The molecule has 2 saturated heterocycles. The Morgan fingerprint density at radius 2 is 1.79 bits per heavy atom. The molecule has 124 valence electrons. The van der Waals surface area contributed by atoms with Crippen molar-refractivity contribution in [3.8, 4) is 5.75 Å². The molecule has 0 aromatic heterocycles. The molecule has 4 nitrogen and oxygen atoms in total. The first-order chi connectivity index (χ1) is 11.7. The molecule has 2 atom stereocenters. The van der Waals surface area contributed by atoms with Gasteiger partial charge in [-0.2, -0.15) is 0 Å². The predicted molar refractivity (Wildman–Crippen MR) is 94.5 cm³/mol. The standard InChI is InChI=1S/C20H22N2O2/c23-19(21-16-7-2-1-3-8-16)17-9-4-5-10-18(17)24-20-11-6-13-22(15-20)14-12-20/h1-5,7-10H,6,11-15H2,(H,21,23)/t20-/m0/s1. The summed E-state index contributed by atoms with van der Waals surface area (Å²) in [5.74, 6) is 0.563. The Morgan fingerprint density at radius 3 is 2.67 bits per heavy atom. The molecule has 2 bridgehead atoms. The number of piperidine rings is 1. The van der Waals surface area contributed by atoms with E-state index in [9.17, 15) is 4.79 Å². The number of nitrogens with one attached hydrogen (secondary N) is 1. The lowest BCUT2D eigenvalue weighted by molar-refractivity contribution is 0.0443. The maximum absolute atomic E-state index is 12.7. The molecular formula is C20H22N2O2. The van der Waals surface area contributed by atoms with Gasteiger partial charge in [-0.05, 0) is 43.7 Å². The zero-order valence-electron chi connectivity index (χ0n) is 13.7. The average molecular weight is 322 g/mol. The van der Waals surface area contributed by atoms with Crippen molar-refractivity contribution in [1.82, 2.24) is 4.90 Å². The molecule has 2 heterocycles. The van der Waals surface area contributed by atoms with Crippen molar-refractivity contribution < 1.29 is 9.53 Å². The van der Waals surface area contributed by atoms with Gasteiger partial charge in [-0.15, -0.1) is 0 Å². The quantitative estimate of drug-likeness (QED) is 0.936. The summed E-state index contributed by atoms with van der Waals surface area (Å²) < 4.78 is 6.42. The number of carbonyl (C=O) groups is 1. The molecule has 24 heavy (non-hydrogen) atoms. The van der Waals surface area contributed by atoms with E-state index >= 15 is 0 Å². The second kappa shape index (κ2) is 6.29. The molecule has 0 spiro atoms. The van der Waals surface area contributed by atoms with Crippen molar-refractivity contribution in [2.45, 2.75) is 24.9 Å². The summed E-state index contributed by atoms with van der Waals surface area (Å²) >= 11 is 0. The monoisotopic (exact) mass is 322 g/mol. The second-order valence-corrected chi connectivity index (χ2v) is 6.73. The van der Waals surface area contributed by atoms with E-state index in [4.69, 9.17) is 4.74 Å². The van der Waals surface area contributed by atoms with E-state index in [1.54, 1.807) is 0 Å². The van der Waals surface area contributed by atoms with Crippen LogP contribution in [0.1, 0.15) is 29.6 Å². The van der Waals surface area contributed by atoms with E-state index in [0.29, 0.717) is 11.3 Å². The van der Waals surface area contributed by atoms with Gasteiger partial charge in [0, 0.05) is 25.2 Å². The molecule has 1 N–H and O–H groups in total. The Labute approximate surface area is 142 Å². The number of nitrogens with zero attached hydrogens (tertiary/aromatic N) is 1. The molecule has 2 fully saturated rings. The first-order valence-electron chi connectivity index (χ1n) is 8.61. The summed E-state index contributed by atoms with van der Waals surface area (Å²) in [6.07, 6.45) is 3.28. The second-order valence-electron chi connectivity index (χ2n) is 6.73. The van der Waals surface area contributed by atoms with Crippen molar-refractivity contribution in [3.05, 3.63) is 60.2 Å². The normalized spacial score (nSPS) is 25.2. The van der Waals surface area contributed by atoms with Gasteiger partial charge >= 0.3 is 0 Å². The maximum atomic E-state index is 12.7. The SMILES string of the molecule is O=C(Nc1ccccc1)c1ccccc1O[C@@]12CCCN(CC1)C2. The van der Waals surface area contributed by atoms with Crippen LogP contribution >= 0.6 is 0 Å². The number of anilines is 1. The molecule has 2 aromatic carbocycles. The number of fused-ring (bicyclic) bond motifs is 2. The van der Waals surface area contributed by atoms with Gasteiger partial charge in [-0.1, -0.05) is 30.3 Å². The smallest absolute Gasteiger partial charge is 0.259 e. The largest absolute Gasteiger partial charge is 0.485 e. The molecule has 1 amide bonds.